The second-order valence-electron chi connectivity index (χ2n) is 4.39. The Morgan fingerprint density at radius 2 is 2.20 bits per heavy atom. The molecular formula is C12H15BrClN. The third kappa shape index (κ3) is 2.96. The van der Waals surface area contributed by atoms with Crippen molar-refractivity contribution in [2.45, 2.75) is 32.4 Å². The highest BCUT2D eigenvalue weighted by Crippen LogP contribution is 2.27. The molecule has 1 aliphatic rings. The molecule has 0 radical (unpaired) electrons. The molecule has 0 aliphatic heterocycles. The Morgan fingerprint density at radius 1 is 1.47 bits per heavy atom. The molecule has 3 heteroatoms. The zero-order chi connectivity index (χ0) is 10.8. The highest BCUT2D eigenvalue weighted by Gasteiger charge is 2.24. The van der Waals surface area contributed by atoms with Gasteiger partial charge in [0.1, 0.15) is 0 Å². The molecule has 0 spiro atoms. The molecule has 1 saturated carbocycles. The van der Waals surface area contributed by atoms with Gasteiger partial charge in [-0.05, 0) is 42.5 Å². The fourth-order valence-corrected chi connectivity index (χ4v) is 2.59. The summed E-state index contributed by atoms with van der Waals surface area (Å²) in [5.74, 6) is 0.889. The molecule has 1 nitrogen and oxygen atoms in total. The Balaban J connectivity index is 1.90. The van der Waals surface area contributed by atoms with Crippen LogP contribution >= 0.6 is 27.5 Å². The van der Waals surface area contributed by atoms with Gasteiger partial charge in [0.05, 0.1) is 0 Å². The molecule has 2 rings (SSSR count). The minimum Gasteiger partial charge on any atom is -0.310 e. The number of halogens is 2. The number of benzene rings is 1. The standard InChI is InChI=1S/C12H15BrClN/c1-8-4-11(5-8)15-7-9-6-10(13)2-3-12(9)14/h2-3,6,8,11,15H,4-5,7H2,1H3. The van der Waals surface area contributed by atoms with Crippen molar-refractivity contribution in [2.24, 2.45) is 5.92 Å². The van der Waals surface area contributed by atoms with Crippen LogP contribution in [0, 0.1) is 5.92 Å². The lowest BCUT2D eigenvalue weighted by Gasteiger charge is -2.33. The van der Waals surface area contributed by atoms with Crippen molar-refractivity contribution >= 4 is 27.5 Å². The normalized spacial score (nSPS) is 25.0. The molecule has 1 N–H and O–H groups in total. The van der Waals surface area contributed by atoms with E-state index in [9.17, 15) is 0 Å². The van der Waals surface area contributed by atoms with Crippen molar-refractivity contribution in [3.05, 3.63) is 33.3 Å². The smallest absolute Gasteiger partial charge is 0.0451 e. The quantitative estimate of drug-likeness (QED) is 0.887. The summed E-state index contributed by atoms with van der Waals surface area (Å²) in [5.41, 5.74) is 1.17. The third-order valence-electron chi connectivity index (χ3n) is 2.96. The van der Waals surface area contributed by atoms with E-state index < -0.39 is 0 Å². The summed E-state index contributed by atoms with van der Waals surface area (Å²) >= 11 is 9.57. The lowest BCUT2D eigenvalue weighted by Crippen LogP contribution is -2.39. The van der Waals surface area contributed by atoms with Crippen LogP contribution in [0.5, 0.6) is 0 Å². The Labute approximate surface area is 104 Å². The second-order valence-corrected chi connectivity index (χ2v) is 5.71. The maximum atomic E-state index is 6.11. The Kier molecular flexibility index (Phi) is 3.70. The molecule has 0 bridgehead atoms. The van der Waals surface area contributed by atoms with Gasteiger partial charge in [-0.1, -0.05) is 34.5 Å². The van der Waals surface area contributed by atoms with Gasteiger partial charge in [-0.25, -0.2) is 0 Å². The number of rotatable bonds is 3. The summed E-state index contributed by atoms with van der Waals surface area (Å²) in [6.45, 7) is 3.17. The van der Waals surface area contributed by atoms with Crippen LogP contribution in [0.1, 0.15) is 25.3 Å². The predicted octanol–water partition coefficient (Wildman–Crippen LogP) is 3.99. The Morgan fingerprint density at radius 3 is 2.87 bits per heavy atom. The first-order valence-corrected chi connectivity index (χ1v) is 6.49. The van der Waals surface area contributed by atoms with Crippen molar-refractivity contribution in [3.8, 4) is 0 Å². The molecule has 0 unspecified atom stereocenters. The van der Waals surface area contributed by atoms with E-state index in [4.69, 9.17) is 11.6 Å². The van der Waals surface area contributed by atoms with Crippen molar-refractivity contribution in [1.29, 1.82) is 0 Å². The van der Waals surface area contributed by atoms with Gasteiger partial charge in [-0.2, -0.15) is 0 Å². The lowest BCUT2D eigenvalue weighted by atomic mass is 9.82. The first-order valence-electron chi connectivity index (χ1n) is 5.32. The average molecular weight is 289 g/mol. The average Bonchev–Trinajstić information content (AvgIpc) is 2.16. The first-order chi connectivity index (χ1) is 7.15. The van der Waals surface area contributed by atoms with Crippen molar-refractivity contribution in [2.75, 3.05) is 0 Å². The van der Waals surface area contributed by atoms with Crippen molar-refractivity contribution in [3.63, 3.8) is 0 Å². The predicted molar refractivity (Wildman–Crippen MR) is 68.2 cm³/mol. The van der Waals surface area contributed by atoms with Crippen molar-refractivity contribution < 1.29 is 0 Å². The van der Waals surface area contributed by atoms with E-state index in [1.165, 1.54) is 18.4 Å². The molecule has 0 aromatic heterocycles. The van der Waals surface area contributed by atoms with E-state index in [-0.39, 0.29) is 0 Å². The van der Waals surface area contributed by atoms with Gasteiger partial charge in [0.25, 0.3) is 0 Å². The molecule has 0 heterocycles. The van der Waals surface area contributed by atoms with Crippen molar-refractivity contribution in [1.82, 2.24) is 5.32 Å². The van der Waals surface area contributed by atoms with Gasteiger partial charge in [0.15, 0.2) is 0 Å². The van der Waals surface area contributed by atoms with E-state index in [2.05, 4.69) is 34.2 Å². The molecule has 1 fully saturated rings. The van der Waals surface area contributed by atoms with Gasteiger partial charge >= 0.3 is 0 Å². The van der Waals surface area contributed by atoms with E-state index in [0.29, 0.717) is 6.04 Å². The lowest BCUT2D eigenvalue weighted by molar-refractivity contribution is 0.240. The maximum Gasteiger partial charge on any atom is 0.0451 e. The molecule has 82 valence electrons. The summed E-state index contributed by atoms with van der Waals surface area (Å²) in [4.78, 5) is 0. The van der Waals surface area contributed by atoms with Crippen LogP contribution in [0.2, 0.25) is 5.02 Å². The van der Waals surface area contributed by atoms with E-state index in [1.807, 2.05) is 12.1 Å². The van der Waals surface area contributed by atoms with Gasteiger partial charge in [-0.3, -0.25) is 0 Å². The summed E-state index contributed by atoms with van der Waals surface area (Å²) in [7, 11) is 0. The highest BCUT2D eigenvalue weighted by molar-refractivity contribution is 9.10. The van der Waals surface area contributed by atoms with E-state index in [0.717, 1.165) is 22.0 Å². The summed E-state index contributed by atoms with van der Waals surface area (Å²) in [6, 6.07) is 6.68. The van der Waals surface area contributed by atoms with Gasteiger partial charge in [0.2, 0.25) is 0 Å². The zero-order valence-electron chi connectivity index (χ0n) is 8.76. The molecule has 0 saturated heterocycles. The third-order valence-corrected chi connectivity index (χ3v) is 3.82. The number of nitrogens with one attached hydrogen (secondary N) is 1. The molecule has 1 aromatic carbocycles. The van der Waals surface area contributed by atoms with Gasteiger partial charge < -0.3 is 5.32 Å². The number of hydrogen-bond acceptors (Lipinski definition) is 1. The monoisotopic (exact) mass is 287 g/mol. The fourth-order valence-electron chi connectivity index (χ4n) is 2.00. The number of hydrogen-bond donors (Lipinski definition) is 1. The van der Waals surface area contributed by atoms with Crippen LogP contribution in [-0.2, 0) is 6.54 Å². The topological polar surface area (TPSA) is 12.0 Å². The van der Waals surface area contributed by atoms with Gasteiger partial charge in [-0.15, -0.1) is 0 Å². The van der Waals surface area contributed by atoms with Crippen LogP contribution < -0.4 is 5.32 Å². The summed E-state index contributed by atoms with van der Waals surface area (Å²) in [6.07, 6.45) is 2.59. The maximum absolute atomic E-state index is 6.11. The largest absolute Gasteiger partial charge is 0.310 e. The van der Waals surface area contributed by atoms with Crippen LogP contribution in [0.3, 0.4) is 0 Å². The first kappa shape index (κ1) is 11.4. The minimum absolute atomic E-state index is 0.690. The molecule has 15 heavy (non-hydrogen) atoms. The van der Waals surface area contributed by atoms with E-state index in [1.54, 1.807) is 0 Å². The Hall–Kier alpha value is -0.0500. The molecule has 1 aliphatic carbocycles. The summed E-state index contributed by atoms with van der Waals surface area (Å²) in [5, 5.41) is 4.37. The SMILES string of the molecule is CC1CC(NCc2cc(Br)ccc2Cl)C1. The van der Waals surface area contributed by atoms with Crippen LogP contribution in [-0.4, -0.2) is 6.04 Å². The molecule has 1 aromatic rings. The van der Waals surface area contributed by atoms with Crippen LogP contribution in [0.4, 0.5) is 0 Å². The van der Waals surface area contributed by atoms with Crippen LogP contribution in [0.15, 0.2) is 22.7 Å². The second kappa shape index (κ2) is 4.86. The van der Waals surface area contributed by atoms with Gasteiger partial charge in [0, 0.05) is 22.1 Å². The minimum atomic E-state index is 0.690. The van der Waals surface area contributed by atoms with E-state index >= 15 is 0 Å². The highest BCUT2D eigenvalue weighted by atomic mass is 79.9. The molecular weight excluding hydrogens is 273 g/mol. The molecule has 0 atom stereocenters. The Bertz CT molecular complexity index is 347. The van der Waals surface area contributed by atoms with Crippen LogP contribution in [0.25, 0.3) is 0 Å². The molecule has 0 amide bonds. The fraction of sp³-hybridized carbons (Fsp3) is 0.500. The zero-order valence-corrected chi connectivity index (χ0v) is 11.1. The summed E-state index contributed by atoms with van der Waals surface area (Å²) < 4.78 is 1.09.